The summed E-state index contributed by atoms with van der Waals surface area (Å²) in [5.41, 5.74) is 0.896. The highest BCUT2D eigenvalue weighted by molar-refractivity contribution is 5.75. The highest BCUT2D eigenvalue weighted by atomic mass is 16.5. The number of hydrogen-bond acceptors (Lipinski definition) is 5. The molecule has 2 aliphatic heterocycles. The number of ether oxygens (including phenoxy) is 1. The molecule has 3 aliphatic rings. The number of urea groups is 1. The lowest BCUT2D eigenvalue weighted by molar-refractivity contribution is 0.0243. The summed E-state index contributed by atoms with van der Waals surface area (Å²) in [5, 5.41) is 11.7. The van der Waals surface area contributed by atoms with Gasteiger partial charge in [-0.25, -0.2) is 4.79 Å². The maximum absolute atomic E-state index is 12.5. The summed E-state index contributed by atoms with van der Waals surface area (Å²) < 4.78 is 5.94. The Balaban J connectivity index is 1.48. The third-order valence-corrected chi connectivity index (χ3v) is 5.40. The van der Waals surface area contributed by atoms with Gasteiger partial charge in [-0.3, -0.25) is 0 Å². The first-order valence-electron chi connectivity index (χ1n) is 9.32. The SMILES string of the molecule is Cc1ccc(N2CCOC[C@@]3(CCCN(C(=O)NC4CC4)C3)C2)nn1. The highest BCUT2D eigenvalue weighted by Gasteiger charge is 2.41. The molecule has 25 heavy (non-hydrogen) atoms. The van der Waals surface area contributed by atoms with Crippen LogP contribution in [0.5, 0.6) is 0 Å². The van der Waals surface area contributed by atoms with Crippen LogP contribution in [0.3, 0.4) is 0 Å². The van der Waals surface area contributed by atoms with E-state index in [4.69, 9.17) is 4.74 Å². The van der Waals surface area contributed by atoms with Gasteiger partial charge in [-0.2, -0.15) is 5.10 Å². The van der Waals surface area contributed by atoms with Crippen molar-refractivity contribution in [1.29, 1.82) is 0 Å². The minimum absolute atomic E-state index is 0.0256. The van der Waals surface area contributed by atoms with Crippen LogP contribution in [0.2, 0.25) is 0 Å². The number of anilines is 1. The van der Waals surface area contributed by atoms with Crippen LogP contribution in [0, 0.1) is 12.3 Å². The number of rotatable bonds is 2. The summed E-state index contributed by atoms with van der Waals surface area (Å²) in [5.74, 6) is 0.898. The number of nitrogens with zero attached hydrogens (tertiary/aromatic N) is 4. The monoisotopic (exact) mass is 345 g/mol. The van der Waals surface area contributed by atoms with Gasteiger partial charge < -0.3 is 19.9 Å². The Bertz CT molecular complexity index is 618. The second kappa shape index (κ2) is 6.78. The van der Waals surface area contributed by atoms with E-state index in [-0.39, 0.29) is 11.4 Å². The zero-order valence-electron chi connectivity index (χ0n) is 14.9. The molecule has 1 spiro atoms. The number of nitrogens with one attached hydrogen (secondary N) is 1. The van der Waals surface area contributed by atoms with E-state index in [1.54, 1.807) is 0 Å². The number of likely N-dealkylation sites (tertiary alicyclic amines) is 1. The quantitative estimate of drug-likeness (QED) is 0.881. The van der Waals surface area contributed by atoms with Crippen molar-refractivity contribution in [1.82, 2.24) is 20.4 Å². The predicted octanol–water partition coefficient (Wildman–Crippen LogP) is 1.58. The van der Waals surface area contributed by atoms with Crippen LogP contribution in [-0.4, -0.2) is 66.6 Å². The van der Waals surface area contributed by atoms with Crippen molar-refractivity contribution in [3.63, 3.8) is 0 Å². The zero-order valence-corrected chi connectivity index (χ0v) is 14.9. The number of carbonyl (C=O) groups is 1. The maximum Gasteiger partial charge on any atom is 0.317 e. The topological polar surface area (TPSA) is 70.6 Å². The fourth-order valence-corrected chi connectivity index (χ4v) is 3.87. The van der Waals surface area contributed by atoms with E-state index >= 15 is 0 Å². The summed E-state index contributed by atoms with van der Waals surface area (Å²) in [4.78, 5) is 16.7. The molecule has 1 N–H and O–H groups in total. The third-order valence-electron chi connectivity index (χ3n) is 5.40. The Morgan fingerprint density at radius 2 is 2.16 bits per heavy atom. The lowest BCUT2D eigenvalue weighted by Gasteiger charge is -2.43. The number of aromatic nitrogens is 2. The Morgan fingerprint density at radius 1 is 1.28 bits per heavy atom. The largest absolute Gasteiger partial charge is 0.379 e. The molecule has 2 amide bonds. The number of piperidine rings is 1. The van der Waals surface area contributed by atoms with Crippen LogP contribution >= 0.6 is 0 Å². The van der Waals surface area contributed by atoms with Gasteiger partial charge in [0.05, 0.1) is 18.9 Å². The standard InChI is InChI=1S/C18H27N5O2/c1-14-3-6-16(21-20-14)22-9-10-25-13-18(11-22)7-2-8-23(12-18)17(24)19-15-4-5-15/h3,6,15H,2,4-5,7-13H2,1H3,(H,19,24)/t18-/m0/s1. The molecular formula is C18H27N5O2. The molecule has 136 valence electrons. The number of amides is 2. The van der Waals surface area contributed by atoms with Crippen LogP contribution < -0.4 is 10.2 Å². The average molecular weight is 345 g/mol. The second-order valence-corrected chi connectivity index (χ2v) is 7.76. The van der Waals surface area contributed by atoms with Crippen LogP contribution in [0.4, 0.5) is 10.6 Å². The van der Waals surface area contributed by atoms with Gasteiger partial charge in [-0.15, -0.1) is 5.10 Å². The van der Waals surface area contributed by atoms with Crippen LogP contribution in [0.25, 0.3) is 0 Å². The molecule has 0 bridgehead atoms. The molecule has 7 nitrogen and oxygen atoms in total. The molecule has 3 fully saturated rings. The van der Waals surface area contributed by atoms with Gasteiger partial charge in [0.15, 0.2) is 5.82 Å². The maximum atomic E-state index is 12.5. The van der Waals surface area contributed by atoms with Crippen molar-refractivity contribution in [2.75, 3.05) is 44.3 Å². The van der Waals surface area contributed by atoms with Gasteiger partial charge in [-0.1, -0.05) is 0 Å². The van der Waals surface area contributed by atoms with Gasteiger partial charge in [0, 0.05) is 37.6 Å². The van der Waals surface area contributed by atoms with Gasteiger partial charge >= 0.3 is 6.03 Å². The van der Waals surface area contributed by atoms with Gasteiger partial charge in [0.1, 0.15) is 0 Å². The molecule has 1 aliphatic carbocycles. The Morgan fingerprint density at radius 3 is 2.92 bits per heavy atom. The van der Waals surface area contributed by atoms with Crippen LogP contribution in [0.15, 0.2) is 12.1 Å². The van der Waals surface area contributed by atoms with Crippen molar-refractivity contribution in [2.45, 2.75) is 38.6 Å². The van der Waals surface area contributed by atoms with Crippen molar-refractivity contribution in [3.05, 3.63) is 17.8 Å². The molecule has 4 rings (SSSR count). The fraction of sp³-hybridized carbons (Fsp3) is 0.722. The van der Waals surface area contributed by atoms with E-state index in [0.717, 1.165) is 63.4 Å². The number of carbonyl (C=O) groups excluding carboxylic acids is 1. The minimum atomic E-state index is -0.0256. The summed E-state index contributed by atoms with van der Waals surface area (Å²) in [6.45, 7) is 6.60. The number of hydrogen-bond donors (Lipinski definition) is 1. The molecule has 3 heterocycles. The second-order valence-electron chi connectivity index (χ2n) is 7.76. The smallest absolute Gasteiger partial charge is 0.317 e. The lowest BCUT2D eigenvalue weighted by Crippen LogP contribution is -2.54. The van der Waals surface area contributed by atoms with E-state index < -0.39 is 0 Å². The molecule has 1 aromatic heterocycles. The summed E-state index contributed by atoms with van der Waals surface area (Å²) in [7, 11) is 0. The zero-order chi connectivity index (χ0) is 17.3. The molecule has 0 aromatic carbocycles. The van der Waals surface area contributed by atoms with Crippen molar-refractivity contribution < 1.29 is 9.53 Å². The van der Waals surface area contributed by atoms with Gasteiger partial charge in [0.2, 0.25) is 0 Å². The van der Waals surface area contributed by atoms with Crippen molar-refractivity contribution in [3.8, 4) is 0 Å². The van der Waals surface area contributed by atoms with Gasteiger partial charge in [0.25, 0.3) is 0 Å². The third kappa shape index (κ3) is 3.86. The molecule has 7 heteroatoms. The summed E-state index contributed by atoms with van der Waals surface area (Å²) >= 11 is 0. The fourth-order valence-electron chi connectivity index (χ4n) is 3.87. The van der Waals surface area contributed by atoms with Crippen molar-refractivity contribution >= 4 is 11.8 Å². The first kappa shape index (κ1) is 16.6. The van der Waals surface area contributed by atoms with E-state index in [0.29, 0.717) is 19.3 Å². The molecule has 1 saturated carbocycles. The normalized spacial score (nSPS) is 27.2. The van der Waals surface area contributed by atoms with Crippen LogP contribution in [0.1, 0.15) is 31.4 Å². The Hall–Kier alpha value is -1.89. The van der Waals surface area contributed by atoms with E-state index in [9.17, 15) is 4.79 Å². The Kier molecular flexibility index (Phi) is 4.50. The molecule has 2 saturated heterocycles. The molecule has 0 unspecified atom stereocenters. The molecule has 0 radical (unpaired) electrons. The van der Waals surface area contributed by atoms with E-state index in [1.165, 1.54) is 0 Å². The summed E-state index contributed by atoms with van der Waals surface area (Å²) in [6.07, 6.45) is 4.34. The van der Waals surface area contributed by atoms with Crippen molar-refractivity contribution in [2.24, 2.45) is 5.41 Å². The van der Waals surface area contributed by atoms with E-state index in [1.807, 2.05) is 24.0 Å². The molecule has 1 atom stereocenters. The first-order chi connectivity index (χ1) is 12.1. The lowest BCUT2D eigenvalue weighted by atomic mass is 9.80. The predicted molar refractivity (Wildman–Crippen MR) is 94.6 cm³/mol. The Labute approximate surface area is 148 Å². The molecule has 1 aromatic rings. The van der Waals surface area contributed by atoms with Gasteiger partial charge in [-0.05, 0) is 44.7 Å². The summed E-state index contributed by atoms with van der Waals surface area (Å²) in [6, 6.07) is 4.52. The molecular weight excluding hydrogens is 318 g/mol. The highest BCUT2D eigenvalue weighted by Crippen LogP contribution is 2.34. The minimum Gasteiger partial charge on any atom is -0.379 e. The first-order valence-corrected chi connectivity index (χ1v) is 9.32. The number of aryl methyl sites for hydroxylation is 1. The van der Waals surface area contributed by atoms with E-state index in [2.05, 4.69) is 20.4 Å². The van der Waals surface area contributed by atoms with Crippen LogP contribution in [-0.2, 0) is 4.74 Å². The average Bonchev–Trinajstić information content (AvgIpc) is 3.44.